The van der Waals surface area contributed by atoms with Crippen LogP contribution in [0.1, 0.15) is 41.4 Å². The zero-order valence-corrected chi connectivity index (χ0v) is 40.5. The third-order valence-electron chi connectivity index (χ3n) is 14.4. The Kier molecular flexibility index (Phi) is 9.40. The standard InChI is InChI=1S/C58H30N6O10S2/c65-55-45-23-19-41-37-15-17-39-43-21-25-47-54-48(58(68)64(57(47)67)34-13-9-30(10-14-34)60-62-32-4-2-6-36(28-32)76(72,73)74)26-22-44(52(43)54)40-18-16-38(49(37)50(39)40)42-20-24-46(53(45)51(41)42)56(66)63(55)33-11-7-29(8-12-33)59-61-31-3-1-5-35(27-31)75(69,70)71/h1-28H,(H,69,70,71)(H,72,73,74). The maximum Gasteiger partial charge on any atom is 0.294 e. The molecule has 0 aromatic heterocycles. The molecule has 364 valence electrons. The number of fused-ring (bicyclic) bond motifs is 4. The van der Waals surface area contributed by atoms with Crippen molar-refractivity contribution in [1.29, 1.82) is 0 Å². The minimum Gasteiger partial charge on any atom is -0.282 e. The Labute approximate surface area is 428 Å². The van der Waals surface area contributed by atoms with Gasteiger partial charge in [-0.05, 0) is 174 Å². The van der Waals surface area contributed by atoms with Crippen LogP contribution in [0.4, 0.5) is 34.1 Å². The molecule has 12 aromatic rings. The number of benzene rings is 12. The van der Waals surface area contributed by atoms with Crippen molar-refractivity contribution in [2.75, 3.05) is 9.80 Å². The second-order valence-electron chi connectivity index (χ2n) is 18.5. The first-order chi connectivity index (χ1) is 36.6. The molecule has 0 spiro atoms. The van der Waals surface area contributed by atoms with Crippen LogP contribution in [0.5, 0.6) is 0 Å². The molecule has 2 heterocycles. The number of carbonyl (C=O) groups is 4. The molecule has 0 saturated heterocycles. The van der Waals surface area contributed by atoms with Crippen LogP contribution in [0.2, 0.25) is 0 Å². The van der Waals surface area contributed by atoms with Crippen molar-refractivity contribution in [2.24, 2.45) is 20.5 Å². The van der Waals surface area contributed by atoms with Crippen molar-refractivity contribution >= 4 is 153 Å². The lowest BCUT2D eigenvalue weighted by Gasteiger charge is -2.29. The van der Waals surface area contributed by atoms with Gasteiger partial charge in [0, 0.05) is 33.0 Å². The summed E-state index contributed by atoms with van der Waals surface area (Å²) in [7, 11) is -8.87. The SMILES string of the molecule is O=C1c2ccc3c4ccc5c6ccc7c8c(ccc(c9ccc(c%10ccc(c2c3%10)C(=O)N1c1ccc(N=Nc2cccc(S(=O)(=O)O)c2)cc1)c4c59)c86)C(=O)N(c1ccc(N=Nc2cccc(S(=O)(=O)O)c2)cc1)C7=O. The Balaban J connectivity index is 0.820. The average Bonchev–Trinajstić information content (AvgIpc) is 3.46. The lowest BCUT2D eigenvalue weighted by atomic mass is 9.81. The number of imide groups is 2. The molecule has 76 heavy (non-hydrogen) atoms. The van der Waals surface area contributed by atoms with Gasteiger partial charge in [0.05, 0.1) is 43.9 Å². The van der Waals surface area contributed by atoms with E-state index in [9.17, 15) is 45.1 Å². The van der Waals surface area contributed by atoms with Crippen LogP contribution >= 0.6 is 0 Å². The molecule has 2 aliphatic heterocycles. The summed E-state index contributed by atoms with van der Waals surface area (Å²) in [6.45, 7) is 0. The van der Waals surface area contributed by atoms with Crippen LogP contribution in [-0.2, 0) is 20.2 Å². The first-order valence-electron chi connectivity index (χ1n) is 23.4. The molecule has 0 radical (unpaired) electrons. The van der Waals surface area contributed by atoms with Gasteiger partial charge in [-0.15, -0.1) is 0 Å². The predicted molar refractivity (Wildman–Crippen MR) is 287 cm³/mol. The van der Waals surface area contributed by atoms with Gasteiger partial charge in [0.25, 0.3) is 43.9 Å². The summed E-state index contributed by atoms with van der Waals surface area (Å²) < 4.78 is 65.2. The second-order valence-corrected chi connectivity index (χ2v) is 21.3. The molecule has 18 heteroatoms. The third-order valence-corrected chi connectivity index (χ3v) is 16.1. The van der Waals surface area contributed by atoms with Crippen molar-refractivity contribution in [3.05, 3.63) is 192 Å². The van der Waals surface area contributed by atoms with Crippen molar-refractivity contribution in [2.45, 2.75) is 9.79 Å². The summed E-state index contributed by atoms with van der Waals surface area (Å²) in [6, 6.07) is 46.4. The number of hydrogen-bond donors (Lipinski definition) is 2. The van der Waals surface area contributed by atoms with Gasteiger partial charge in [-0.1, -0.05) is 60.7 Å². The summed E-state index contributed by atoms with van der Waals surface area (Å²) in [5, 5.41) is 28.4. The minimum absolute atomic E-state index is 0.191. The first kappa shape index (κ1) is 44.9. The van der Waals surface area contributed by atoms with Gasteiger partial charge < -0.3 is 0 Å². The molecule has 14 rings (SSSR count). The molecule has 0 fully saturated rings. The van der Waals surface area contributed by atoms with Crippen molar-refractivity contribution in [1.82, 2.24) is 0 Å². The average molecular weight is 1040 g/mol. The van der Waals surface area contributed by atoms with Gasteiger partial charge in [-0.2, -0.15) is 37.3 Å². The highest BCUT2D eigenvalue weighted by Crippen LogP contribution is 2.50. The molecule has 0 saturated carbocycles. The van der Waals surface area contributed by atoms with Gasteiger partial charge in [-0.25, -0.2) is 9.80 Å². The molecule has 0 atom stereocenters. The Bertz CT molecular complexity index is 4480. The Morgan fingerprint density at radius 1 is 0.303 bits per heavy atom. The molecule has 0 bridgehead atoms. The van der Waals surface area contributed by atoms with E-state index in [-0.39, 0.29) is 21.2 Å². The number of azo groups is 2. The lowest BCUT2D eigenvalue weighted by molar-refractivity contribution is 0.0877. The predicted octanol–water partition coefficient (Wildman–Crippen LogP) is 13.6. The Hall–Kier alpha value is -9.72. The number of hydrogen-bond acceptors (Lipinski definition) is 12. The molecule has 16 nitrogen and oxygen atoms in total. The fraction of sp³-hybridized carbons (Fsp3) is 0. The molecular weight excluding hydrogens is 1000 g/mol. The molecule has 2 aliphatic rings. The summed E-state index contributed by atoms with van der Waals surface area (Å²) in [4.78, 5) is 59.5. The fourth-order valence-corrected chi connectivity index (χ4v) is 12.2. The minimum atomic E-state index is -4.44. The topological polar surface area (TPSA) is 233 Å². The number of amides is 4. The van der Waals surface area contributed by atoms with E-state index in [1.807, 2.05) is 24.3 Å². The zero-order valence-electron chi connectivity index (χ0n) is 38.8. The number of carbonyl (C=O) groups excluding carboxylic acids is 4. The maximum atomic E-state index is 14.5. The third kappa shape index (κ3) is 6.55. The van der Waals surface area contributed by atoms with Gasteiger partial charge in [0.15, 0.2) is 0 Å². The lowest BCUT2D eigenvalue weighted by Crippen LogP contribution is -2.40. The van der Waals surface area contributed by atoms with Crippen LogP contribution in [0, 0.1) is 0 Å². The summed E-state index contributed by atoms with van der Waals surface area (Å²) in [5.41, 5.74) is 3.22. The Morgan fingerprint density at radius 3 is 0.855 bits per heavy atom. The van der Waals surface area contributed by atoms with Gasteiger partial charge >= 0.3 is 0 Å². The first-order valence-corrected chi connectivity index (χ1v) is 26.3. The number of nitrogens with zero attached hydrogens (tertiary/aromatic N) is 6. The highest BCUT2D eigenvalue weighted by atomic mass is 32.2. The van der Waals surface area contributed by atoms with E-state index >= 15 is 0 Å². The summed E-state index contributed by atoms with van der Waals surface area (Å²) in [6.07, 6.45) is 0. The van der Waals surface area contributed by atoms with Crippen molar-refractivity contribution < 1.29 is 45.1 Å². The van der Waals surface area contributed by atoms with E-state index in [2.05, 4.69) is 44.7 Å². The molecule has 4 amide bonds. The molecular formula is C58H30N6O10S2. The van der Waals surface area contributed by atoms with E-state index in [1.54, 1.807) is 72.8 Å². The smallest absolute Gasteiger partial charge is 0.282 e. The van der Waals surface area contributed by atoms with Gasteiger partial charge in [0.1, 0.15) is 0 Å². The number of anilines is 2. The highest BCUT2D eigenvalue weighted by molar-refractivity contribution is 7.86. The normalized spacial score (nSPS) is 14.3. The molecule has 0 aliphatic carbocycles. The second kappa shape index (κ2) is 15.9. The van der Waals surface area contributed by atoms with Crippen LogP contribution in [0.3, 0.4) is 0 Å². The Morgan fingerprint density at radius 2 is 0.566 bits per heavy atom. The maximum absolute atomic E-state index is 14.5. The fourth-order valence-electron chi connectivity index (χ4n) is 11.1. The van der Waals surface area contributed by atoms with E-state index in [1.165, 1.54) is 48.5 Å². The quantitative estimate of drug-likeness (QED) is 0.0480. The van der Waals surface area contributed by atoms with Crippen LogP contribution in [0.25, 0.3) is 75.4 Å². The largest absolute Gasteiger partial charge is 0.294 e. The summed E-state index contributed by atoms with van der Waals surface area (Å²) in [5.74, 6) is -1.97. The van der Waals surface area contributed by atoms with Crippen LogP contribution < -0.4 is 9.80 Å². The van der Waals surface area contributed by atoms with Gasteiger partial charge in [-0.3, -0.25) is 28.3 Å². The summed E-state index contributed by atoms with van der Waals surface area (Å²) >= 11 is 0. The van der Waals surface area contributed by atoms with Crippen molar-refractivity contribution in [3.63, 3.8) is 0 Å². The highest BCUT2D eigenvalue weighted by Gasteiger charge is 2.37. The van der Waals surface area contributed by atoms with Crippen LogP contribution in [0.15, 0.2) is 200 Å². The van der Waals surface area contributed by atoms with Crippen molar-refractivity contribution in [3.8, 4) is 0 Å². The zero-order chi connectivity index (χ0) is 52.1. The van der Waals surface area contributed by atoms with Gasteiger partial charge in [0.2, 0.25) is 0 Å². The monoisotopic (exact) mass is 1030 g/mol. The molecule has 2 N–H and O–H groups in total. The number of rotatable bonds is 8. The van der Waals surface area contributed by atoms with E-state index in [0.29, 0.717) is 55.8 Å². The molecule has 12 aromatic carbocycles. The van der Waals surface area contributed by atoms with E-state index < -0.39 is 43.9 Å². The molecule has 0 unspecified atom stereocenters. The van der Waals surface area contributed by atoms with E-state index in [0.717, 1.165) is 74.4 Å². The van der Waals surface area contributed by atoms with Crippen LogP contribution in [-0.4, -0.2) is 49.6 Å². The van der Waals surface area contributed by atoms with E-state index in [4.69, 9.17) is 0 Å².